The summed E-state index contributed by atoms with van der Waals surface area (Å²) in [6.07, 6.45) is 1.25. The smallest absolute Gasteiger partial charge is 0.351 e. The van der Waals surface area contributed by atoms with Crippen LogP contribution in [0.5, 0.6) is 5.75 Å². The van der Waals surface area contributed by atoms with Crippen molar-refractivity contribution in [2.24, 2.45) is 0 Å². The minimum atomic E-state index is -3.89. The van der Waals surface area contributed by atoms with Gasteiger partial charge in [0.25, 0.3) is 0 Å². The molecular formula is C30H33BrCl2N2O7S2. The first-order valence-corrected chi connectivity index (χ1v) is 17.7. The number of sulfonamides is 1. The van der Waals surface area contributed by atoms with Gasteiger partial charge < -0.3 is 19.5 Å². The van der Waals surface area contributed by atoms with Crippen LogP contribution in [0.4, 0.5) is 5.69 Å². The van der Waals surface area contributed by atoms with Crippen molar-refractivity contribution in [1.29, 1.82) is 0 Å². The molecule has 4 rings (SSSR count). The monoisotopic (exact) mass is 746 g/mol. The molecule has 0 bridgehead atoms. The molecular weight excluding hydrogens is 715 g/mol. The van der Waals surface area contributed by atoms with E-state index in [1.54, 1.807) is 57.2 Å². The first-order chi connectivity index (χ1) is 20.7. The van der Waals surface area contributed by atoms with Gasteiger partial charge in [0.1, 0.15) is 5.60 Å². The van der Waals surface area contributed by atoms with Crippen LogP contribution in [-0.4, -0.2) is 58.8 Å². The Morgan fingerprint density at radius 3 is 2.36 bits per heavy atom. The predicted molar refractivity (Wildman–Crippen MR) is 178 cm³/mol. The lowest BCUT2D eigenvalue weighted by molar-refractivity contribution is -0.157. The molecule has 238 valence electrons. The molecule has 2 aromatic carbocycles. The van der Waals surface area contributed by atoms with Gasteiger partial charge in [-0.05, 0) is 104 Å². The summed E-state index contributed by atoms with van der Waals surface area (Å²) in [6, 6.07) is 11.5. The minimum Gasteiger partial charge on any atom is -0.479 e. The lowest BCUT2D eigenvalue weighted by Crippen LogP contribution is -2.46. The van der Waals surface area contributed by atoms with E-state index in [1.807, 2.05) is 6.07 Å². The largest absolute Gasteiger partial charge is 0.479 e. The number of methoxy groups -OCH3 is 1. The summed E-state index contributed by atoms with van der Waals surface area (Å²) in [4.78, 5) is 25.8. The van der Waals surface area contributed by atoms with Crippen LogP contribution in [0, 0.1) is 0 Å². The van der Waals surface area contributed by atoms with E-state index in [9.17, 15) is 18.0 Å². The predicted octanol–water partition coefficient (Wildman–Crippen LogP) is 7.08. The van der Waals surface area contributed by atoms with Crippen LogP contribution in [-0.2, 0) is 30.0 Å². The van der Waals surface area contributed by atoms with Crippen LogP contribution in [0.3, 0.4) is 0 Å². The van der Waals surface area contributed by atoms with E-state index in [0.29, 0.717) is 62.1 Å². The molecule has 1 aliphatic rings. The number of carbonyl (C=O) groups excluding carboxylic acids is 2. The number of ether oxygens (including phenoxy) is 3. The Labute approximate surface area is 279 Å². The normalized spacial score (nSPS) is 14.2. The Bertz CT molecular complexity index is 1610. The molecule has 9 nitrogen and oxygen atoms in total. The summed E-state index contributed by atoms with van der Waals surface area (Å²) in [5.41, 5.74) is 0.881. The zero-order valence-electron chi connectivity index (χ0n) is 24.6. The Balaban J connectivity index is 1.73. The molecule has 1 fully saturated rings. The lowest BCUT2D eigenvalue weighted by Gasteiger charge is -2.35. The van der Waals surface area contributed by atoms with Gasteiger partial charge in [0.2, 0.25) is 10.0 Å². The fourth-order valence-corrected chi connectivity index (χ4v) is 9.20. The van der Waals surface area contributed by atoms with Gasteiger partial charge in [-0.2, -0.15) is 0 Å². The molecule has 1 aliphatic heterocycles. The van der Waals surface area contributed by atoms with E-state index in [2.05, 4.69) is 21.2 Å². The minimum absolute atomic E-state index is 0.133. The summed E-state index contributed by atoms with van der Waals surface area (Å²) in [5.74, 6) is -1.40. The molecule has 0 aliphatic carbocycles. The summed E-state index contributed by atoms with van der Waals surface area (Å²) < 4.78 is 46.1. The third kappa shape index (κ3) is 8.67. The molecule has 14 heteroatoms. The van der Waals surface area contributed by atoms with Crippen LogP contribution >= 0.6 is 50.5 Å². The maximum atomic E-state index is 14.1. The van der Waals surface area contributed by atoms with Crippen molar-refractivity contribution < 1.29 is 32.2 Å². The molecule has 1 saturated heterocycles. The maximum absolute atomic E-state index is 14.1. The maximum Gasteiger partial charge on any atom is 0.351 e. The quantitative estimate of drug-likeness (QED) is 0.219. The van der Waals surface area contributed by atoms with Crippen molar-refractivity contribution in [2.75, 3.05) is 31.1 Å². The highest BCUT2D eigenvalue weighted by atomic mass is 79.9. The van der Waals surface area contributed by atoms with Gasteiger partial charge in [0.15, 0.2) is 17.2 Å². The molecule has 1 N–H and O–H groups in total. The SMILES string of the molecule is COC(=O)c1sc(-c2cccc(N(C3CCNCC3)S(=O)(=O)Cc3cc(Cl)cc(Cl)c3)c2)c(Br)c1OCC(=O)OC(C)(C)C. The number of rotatable bonds is 10. The van der Waals surface area contributed by atoms with E-state index < -0.39 is 34.2 Å². The molecule has 3 aromatic rings. The van der Waals surface area contributed by atoms with Crippen LogP contribution in [0.25, 0.3) is 10.4 Å². The van der Waals surface area contributed by atoms with E-state index in [4.69, 9.17) is 37.4 Å². The van der Waals surface area contributed by atoms with Crippen LogP contribution in [0.2, 0.25) is 10.0 Å². The zero-order valence-corrected chi connectivity index (χ0v) is 29.3. The van der Waals surface area contributed by atoms with Gasteiger partial charge in [0, 0.05) is 16.1 Å². The number of benzene rings is 2. The molecule has 0 atom stereocenters. The number of hydrogen-bond acceptors (Lipinski definition) is 9. The average molecular weight is 749 g/mol. The van der Waals surface area contributed by atoms with Gasteiger partial charge in [0.05, 0.1) is 27.9 Å². The average Bonchev–Trinajstić information content (AvgIpc) is 3.26. The Morgan fingerprint density at radius 2 is 1.75 bits per heavy atom. The number of nitrogens with zero attached hydrogens (tertiary/aromatic N) is 1. The molecule has 0 amide bonds. The van der Waals surface area contributed by atoms with Gasteiger partial charge in [-0.25, -0.2) is 18.0 Å². The highest BCUT2D eigenvalue weighted by Crippen LogP contribution is 2.47. The van der Waals surface area contributed by atoms with Gasteiger partial charge in [-0.15, -0.1) is 11.3 Å². The number of carbonyl (C=O) groups is 2. The highest BCUT2D eigenvalue weighted by molar-refractivity contribution is 9.10. The van der Waals surface area contributed by atoms with E-state index in [0.717, 1.165) is 11.3 Å². The highest BCUT2D eigenvalue weighted by Gasteiger charge is 2.33. The van der Waals surface area contributed by atoms with Gasteiger partial charge in [-0.3, -0.25) is 4.31 Å². The van der Waals surface area contributed by atoms with E-state index in [-0.39, 0.29) is 22.4 Å². The second kappa shape index (κ2) is 14.4. The van der Waals surface area contributed by atoms with Crippen LogP contribution < -0.4 is 14.4 Å². The number of halogens is 3. The third-order valence-electron chi connectivity index (χ3n) is 6.51. The Kier molecular flexibility index (Phi) is 11.3. The number of nitrogens with one attached hydrogen (secondary N) is 1. The number of thiophene rings is 1. The molecule has 44 heavy (non-hydrogen) atoms. The molecule has 0 spiro atoms. The van der Waals surface area contributed by atoms with Crippen molar-refractivity contribution >= 4 is 78.1 Å². The van der Waals surface area contributed by atoms with Crippen molar-refractivity contribution in [1.82, 2.24) is 5.32 Å². The first-order valence-electron chi connectivity index (χ1n) is 13.7. The van der Waals surface area contributed by atoms with Crippen molar-refractivity contribution in [2.45, 2.75) is 51.0 Å². The molecule has 0 unspecified atom stereocenters. The first kappa shape index (κ1) is 34.5. The second-order valence-electron chi connectivity index (χ2n) is 11.1. The number of piperidine rings is 1. The summed E-state index contributed by atoms with van der Waals surface area (Å²) in [5, 5.41) is 3.99. The van der Waals surface area contributed by atoms with Crippen LogP contribution in [0.1, 0.15) is 48.8 Å². The lowest BCUT2D eigenvalue weighted by atomic mass is 10.1. The van der Waals surface area contributed by atoms with Gasteiger partial charge >= 0.3 is 11.9 Å². The van der Waals surface area contributed by atoms with Crippen molar-refractivity contribution in [3.05, 3.63) is 67.4 Å². The molecule has 0 saturated carbocycles. The number of hydrogen-bond donors (Lipinski definition) is 1. The molecule has 2 heterocycles. The van der Waals surface area contributed by atoms with Crippen molar-refractivity contribution in [3.8, 4) is 16.2 Å². The zero-order chi connectivity index (χ0) is 32.2. The second-order valence-corrected chi connectivity index (χ2v) is 15.7. The number of esters is 2. The topological polar surface area (TPSA) is 111 Å². The van der Waals surface area contributed by atoms with E-state index in [1.165, 1.54) is 11.4 Å². The fraction of sp³-hybridized carbons (Fsp3) is 0.400. The van der Waals surface area contributed by atoms with Crippen LogP contribution in [0.15, 0.2) is 46.9 Å². The number of anilines is 1. The van der Waals surface area contributed by atoms with E-state index >= 15 is 0 Å². The Morgan fingerprint density at radius 1 is 1.09 bits per heavy atom. The standard InChI is InChI=1S/C30H33BrCl2N2O7S2/c1-30(2,3)42-24(36)16-41-26-25(31)27(43-28(26)29(37)40-4)19-6-5-7-23(14-19)35(22-8-10-34-11-9-22)44(38,39)17-18-12-20(32)15-21(33)13-18/h5-7,12-15,22,34H,8-11,16-17H2,1-4H3. The molecule has 0 radical (unpaired) electrons. The van der Waals surface area contributed by atoms with Gasteiger partial charge in [-0.1, -0.05) is 35.3 Å². The summed E-state index contributed by atoms with van der Waals surface area (Å²) >= 11 is 17.0. The summed E-state index contributed by atoms with van der Waals surface area (Å²) in [6.45, 7) is 6.16. The third-order valence-corrected chi connectivity index (χ3v) is 11.0. The Hall–Kier alpha value is -2.35. The summed E-state index contributed by atoms with van der Waals surface area (Å²) in [7, 11) is -2.64. The fourth-order valence-electron chi connectivity index (χ4n) is 4.84. The molecule has 1 aromatic heterocycles. The van der Waals surface area contributed by atoms with Crippen molar-refractivity contribution in [3.63, 3.8) is 0 Å².